The molecule has 0 saturated carbocycles. The predicted octanol–water partition coefficient (Wildman–Crippen LogP) is 4.10. The second-order valence-electron chi connectivity index (χ2n) is 7.39. The highest BCUT2D eigenvalue weighted by Crippen LogP contribution is 2.29. The maximum Gasteiger partial charge on any atom is 0.269 e. The van der Waals surface area contributed by atoms with Crippen LogP contribution in [0, 0.1) is 17.0 Å². The molecular weight excluding hydrogens is 392 g/mol. The molecule has 3 aromatic carbocycles. The van der Waals surface area contributed by atoms with Gasteiger partial charge < -0.3 is 0 Å². The number of hydrogen-bond donors (Lipinski definition) is 0. The average Bonchev–Trinajstić information content (AvgIpc) is 3.24. The van der Waals surface area contributed by atoms with Crippen molar-refractivity contribution >= 4 is 5.69 Å². The fraction of sp³-hybridized carbons (Fsp3) is 0.174. The summed E-state index contributed by atoms with van der Waals surface area (Å²) in [6.45, 7) is 2.59. The summed E-state index contributed by atoms with van der Waals surface area (Å²) in [5, 5.41) is 23.6. The van der Waals surface area contributed by atoms with Gasteiger partial charge in [-0.2, -0.15) is 4.68 Å². The van der Waals surface area contributed by atoms with Gasteiger partial charge in [0.05, 0.1) is 16.7 Å². The highest BCUT2D eigenvalue weighted by atomic mass is 16.6. The van der Waals surface area contributed by atoms with Crippen molar-refractivity contribution < 1.29 is 4.92 Å². The molecule has 4 aromatic rings. The number of hydrogen-bond acceptors (Lipinski definition) is 6. The van der Waals surface area contributed by atoms with Gasteiger partial charge in [-0.25, -0.2) is 0 Å². The molecule has 0 unspecified atom stereocenters. The van der Waals surface area contributed by atoms with Crippen molar-refractivity contribution in [3.8, 4) is 5.69 Å². The van der Waals surface area contributed by atoms with Crippen molar-refractivity contribution in [1.29, 1.82) is 0 Å². The molecule has 4 rings (SSSR count). The van der Waals surface area contributed by atoms with E-state index < -0.39 is 4.92 Å². The number of nitro groups is 1. The Bertz CT molecular complexity index is 1170. The van der Waals surface area contributed by atoms with Crippen LogP contribution in [0.25, 0.3) is 5.69 Å². The molecule has 0 N–H and O–H groups in total. The molecule has 8 nitrogen and oxygen atoms in total. The lowest BCUT2D eigenvalue weighted by molar-refractivity contribution is -0.384. The van der Waals surface area contributed by atoms with E-state index >= 15 is 0 Å². The van der Waals surface area contributed by atoms with Crippen LogP contribution >= 0.6 is 0 Å². The summed E-state index contributed by atoms with van der Waals surface area (Å²) in [7, 11) is 2.00. The highest BCUT2D eigenvalue weighted by Gasteiger charge is 2.26. The fourth-order valence-electron chi connectivity index (χ4n) is 3.68. The molecule has 8 heteroatoms. The second kappa shape index (κ2) is 8.85. The molecular formula is C23H22N6O2. The van der Waals surface area contributed by atoms with E-state index in [0.29, 0.717) is 12.4 Å². The summed E-state index contributed by atoms with van der Waals surface area (Å²) in [5.41, 5.74) is 4.09. The highest BCUT2D eigenvalue weighted by molar-refractivity contribution is 5.41. The van der Waals surface area contributed by atoms with Crippen LogP contribution in [0.15, 0.2) is 78.9 Å². The van der Waals surface area contributed by atoms with Crippen LogP contribution in [0.2, 0.25) is 0 Å². The van der Waals surface area contributed by atoms with Crippen LogP contribution in [0.1, 0.15) is 28.6 Å². The molecule has 0 radical (unpaired) electrons. The van der Waals surface area contributed by atoms with Crippen LogP contribution in [0.4, 0.5) is 5.69 Å². The first-order valence-electron chi connectivity index (χ1n) is 9.87. The summed E-state index contributed by atoms with van der Waals surface area (Å²) >= 11 is 0. The molecule has 0 fully saturated rings. The number of para-hydroxylation sites is 1. The molecule has 1 heterocycles. The number of nitrogens with zero attached hydrogens (tertiary/aromatic N) is 6. The van der Waals surface area contributed by atoms with Crippen LogP contribution in [0.5, 0.6) is 0 Å². The van der Waals surface area contributed by atoms with E-state index in [1.54, 1.807) is 16.8 Å². The number of tetrazole rings is 1. The van der Waals surface area contributed by atoms with E-state index in [1.807, 2.05) is 68.6 Å². The third-order valence-electron chi connectivity index (χ3n) is 5.22. The zero-order valence-electron chi connectivity index (χ0n) is 17.3. The maximum atomic E-state index is 11.0. The SMILES string of the molecule is Cc1ccccc1-n1nnnc1[C@H](c1ccccc1)N(C)Cc1ccc([N+](=O)[O-])cc1. The maximum absolute atomic E-state index is 11.0. The molecule has 0 aliphatic rings. The lowest BCUT2D eigenvalue weighted by Gasteiger charge is -2.28. The van der Waals surface area contributed by atoms with Gasteiger partial charge in [0, 0.05) is 18.7 Å². The zero-order valence-corrected chi connectivity index (χ0v) is 17.3. The Hall–Kier alpha value is -3.91. The Labute approximate surface area is 179 Å². The third kappa shape index (κ3) is 4.34. The second-order valence-corrected chi connectivity index (χ2v) is 7.39. The number of non-ortho nitro benzene ring substituents is 1. The summed E-state index contributed by atoms with van der Waals surface area (Å²) < 4.78 is 1.78. The largest absolute Gasteiger partial charge is 0.288 e. The van der Waals surface area contributed by atoms with Crippen LogP contribution in [-0.4, -0.2) is 37.1 Å². The van der Waals surface area contributed by atoms with Gasteiger partial charge in [-0.1, -0.05) is 60.7 Å². The molecule has 0 aliphatic heterocycles. The first-order chi connectivity index (χ1) is 15.0. The standard InChI is InChI=1S/C23H22N6O2/c1-17-8-6-7-11-21(17)28-23(24-25-26-28)22(19-9-4-3-5-10-19)27(2)16-18-12-14-20(15-13-18)29(30)31/h3-15,22H,16H2,1-2H3/t22-/m0/s1. The minimum Gasteiger partial charge on any atom is -0.288 e. The Morgan fingerprint density at radius 3 is 2.35 bits per heavy atom. The first-order valence-corrected chi connectivity index (χ1v) is 9.87. The molecule has 1 aromatic heterocycles. The summed E-state index contributed by atoms with van der Waals surface area (Å²) in [6.07, 6.45) is 0. The zero-order chi connectivity index (χ0) is 21.8. The van der Waals surface area contributed by atoms with E-state index in [-0.39, 0.29) is 11.7 Å². The Kier molecular flexibility index (Phi) is 5.81. The van der Waals surface area contributed by atoms with Crippen molar-refractivity contribution in [2.75, 3.05) is 7.05 Å². The van der Waals surface area contributed by atoms with E-state index in [4.69, 9.17) is 0 Å². The quantitative estimate of drug-likeness (QED) is 0.334. The molecule has 0 spiro atoms. The Balaban J connectivity index is 1.72. The van der Waals surface area contributed by atoms with Gasteiger partial charge >= 0.3 is 0 Å². The van der Waals surface area contributed by atoms with Gasteiger partial charge in [-0.15, -0.1) is 5.10 Å². The average molecular weight is 414 g/mol. The van der Waals surface area contributed by atoms with Crippen LogP contribution in [-0.2, 0) is 6.54 Å². The number of rotatable bonds is 7. The molecule has 0 bridgehead atoms. The van der Waals surface area contributed by atoms with Gasteiger partial charge in [-0.05, 0) is 47.2 Å². The topological polar surface area (TPSA) is 90.0 Å². The van der Waals surface area contributed by atoms with Crippen LogP contribution in [0.3, 0.4) is 0 Å². The normalized spacial score (nSPS) is 12.1. The van der Waals surface area contributed by atoms with E-state index in [2.05, 4.69) is 20.4 Å². The van der Waals surface area contributed by atoms with Gasteiger partial charge in [0.1, 0.15) is 0 Å². The fourth-order valence-corrected chi connectivity index (χ4v) is 3.68. The summed E-state index contributed by atoms with van der Waals surface area (Å²) in [4.78, 5) is 12.7. The smallest absolute Gasteiger partial charge is 0.269 e. The number of aryl methyl sites for hydroxylation is 1. The van der Waals surface area contributed by atoms with Crippen molar-refractivity contribution in [2.45, 2.75) is 19.5 Å². The van der Waals surface area contributed by atoms with Crippen molar-refractivity contribution in [3.05, 3.63) is 111 Å². The van der Waals surface area contributed by atoms with Crippen molar-refractivity contribution in [3.63, 3.8) is 0 Å². The van der Waals surface area contributed by atoms with Crippen molar-refractivity contribution in [1.82, 2.24) is 25.1 Å². The van der Waals surface area contributed by atoms with E-state index in [1.165, 1.54) is 12.1 Å². The lowest BCUT2D eigenvalue weighted by Crippen LogP contribution is -2.28. The minimum absolute atomic E-state index is 0.0782. The van der Waals surface area contributed by atoms with Gasteiger partial charge in [0.2, 0.25) is 0 Å². The van der Waals surface area contributed by atoms with Gasteiger partial charge in [0.25, 0.3) is 5.69 Å². The molecule has 156 valence electrons. The minimum atomic E-state index is -0.392. The third-order valence-corrected chi connectivity index (χ3v) is 5.22. The van der Waals surface area contributed by atoms with Crippen molar-refractivity contribution in [2.24, 2.45) is 0 Å². The molecule has 31 heavy (non-hydrogen) atoms. The first kappa shape index (κ1) is 20.4. The van der Waals surface area contributed by atoms with Gasteiger partial charge in [0.15, 0.2) is 5.82 Å². The molecule has 0 aliphatic carbocycles. The number of benzene rings is 3. The van der Waals surface area contributed by atoms with Crippen LogP contribution < -0.4 is 0 Å². The summed E-state index contributed by atoms with van der Waals surface area (Å²) in [5.74, 6) is 0.699. The Morgan fingerprint density at radius 2 is 1.68 bits per heavy atom. The monoisotopic (exact) mass is 414 g/mol. The molecule has 0 amide bonds. The summed E-state index contributed by atoms with van der Waals surface area (Å²) in [6, 6.07) is 24.4. The predicted molar refractivity (Wildman–Crippen MR) is 117 cm³/mol. The molecule has 0 saturated heterocycles. The van der Waals surface area contributed by atoms with Gasteiger partial charge in [-0.3, -0.25) is 15.0 Å². The lowest BCUT2D eigenvalue weighted by atomic mass is 10.0. The number of aromatic nitrogens is 4. The van der Waals surface area contributed by atoms with E-state index in [0.717, 1.165) is 22.4 Å². The van der Waals surface area contributed by atoms with E-state index in [9.17, 15) is 10.1 Å². The Morgan fingerprint density at radius 1 is 1.00 bits per heavy atom. The molecule has 1 atom stereocenters. The number of nitro benzene ring substituents is 1.